The van der Waals surface area contributed by atoms with E-state index in [0.717, 1.165) is 0 Å². The summed E-state index contributed by atoms with van der Waals surface area (Å²) in [5, 5.41) is 9.05. The molecule has 27 heavy (non-hydrogen) atoms. The molecule has 138 valence electrons. The number of nitrogens with one attached hydrogen (secondary N) is 2. The molecular formula is C19H17N3O5. The van der Waals surface area contributed by atoms with Crippen LogP contribution in [0.2, 0.25) is 0 Å². The Hall–Kier alpha value is -3.73. The number of benzene rings is 2. The van der Waals surface area contributed by atoms with Crippen molar-refractivity contribution in [1.82, 2.24) is 10.9 Å². The zero-order valence-corrected chi connectivity index (χ0v) is 14.5. The van der Waals surface area contributed by atoms with Gasteiger partial charge in [0.15, 0.2) is 17.6 Å². The normalized spacial score (nSPS) is 15.8. The van der Waals surface area contributed by atoms with Crippen LogP contribution in [0.3, 0.4) is 0 Å². The minimum atomic E-state index is -0.927. The molecule has 0 saturated heterocycles. The van der Waals surface area contributed by atoms with E-state index in [0.29, 0.717) is 17.1 Å². The number of carbonyl (C=O) groups excluding carboxylic acids is 2. The summed E-state index contributed by atoms with van der Waals surface area (Å²) in [6.45, 7) is 1.53. The number of nitriles is 1. The number of ether oxygens (including phenoxy) is 3. The Morgan fingerprint density at radius 3 is 2.63 bits per heavy atom. The van der Waals surface area contributed by atoms with Gasteiger partial charge >= 0.3 is 0 Å². The molecule has 0 aliphatic carbocycles. The molecule has 2 unspecified atom stereocenters. The third-order valence-electron chi connectivity index (χ3n) is 3.79. The van der Waals surface area contributed by atoms with E-state index in [4.69, 9.17) is 19.5 Å². The van der Waals surface area contributed by atoms with Gasteiger partial charge in [0.25, 0.3) is 11.8 Å². The highest BCUT2D eigenvalue weighted by atomic mass is 16.6. The molecule has 3 rings (SSSR count). The molecule has 0 aromatic heterocycles. The van der Waals surface area contributed by atoms with Gasteiger partial charge in [0, 0.05) is 0 Å². The summed E-state index contributed by atoms with van der Waals surface area (Å²) in [5.74, 6) is 0.175. The first-order valence-corrected chi connectivity index (χ1v) is 8.22. The number of hydrogen-bond acceptors (Lipinski definition) is 6. The molecule has 2 atom stereocenters. The lowest BCUT2D eigenvalue weighted by Gasteiger charge is -2.25. The second kappa shape index (κ2) is 8.10. The van der Waals surface area contributed by atoms with Gasteiger partial charge in [-0.05, 0) is 31.2 Å². The maximum absolute atomic E-state index is 12.2. The summed E-state index contributed by atoms with van der Waals surface area (Å²) >= 11 is 0. The van der Waals surface area contributed by atoms with Gasteiger partial charge in [-0.2, -0.15) is 5.26 Å². The van der Waals surface area contributed by atoms with Gasteiger partial charge in [-0.1, -0.05) is 24.3 Å². The Labute approximate surface area is 155 Å². The lowest BCUT2D eigenvalue weighted by molar-refractivity contribution is -0.137. The number of hydrogen-bond donors (Lipinski definition) is 2. The summed E-state index contributed by atoms with van der Waals surface area (Å²) in [7, 11) is 0. The largest absolute Gasteiger partial charge is 0.485 e. The highest BCUT2D eigenvalue weighted by Gasteiger charge is 2.28. The highest BCUT2D eigenvalue weighted by Crippen LogP contribution is 2.30. The molecule has 0 bridgehead atoms. The van der Waals surface area contributed by atoms with Crippen molar-refractivity contribution in [2.24, 2.45) is 0 Å². The molecule has 2 N–H and O–H groups in total. The summed E-state index contributed by atoms with van der Waals surface area (Å²) in [6.07, 6.45) is -1.82. The first-order valence-electron chi connectivity index (χ1n) is 8.22. The highest BCUT2D eigenvalue weighted by molar-refractivity contribution is 5.87. The van der Waals surface area contributed by atoms with Crippen LogP contribution in [0.1, 0.15) is 12.5 Å². The average molecular weight is 367 g/mol. The molecule has 8 heteroatoms. The number of nitrogens with zero attached hydrogens (tertiary/aromatic N) is 1. The summed E-state index contributed by atoms with van der Waals surface area (Å²) in [4.78, 5) is 24.3. The van der Waals surface area contributed by atoms with Crippen molar-refractivity contribution < 1.29 is 23.8 Å². The standard InChI is InChI=1S/C19H17N3O5/c1-12(26-14-7-3-2-6-13(14)10-20)18(23)21-22-19(24)17-11-25-15-8-4-5-9-16(15)27-17/h2-9,12,17H,11H2,1H3,(H,21,23)(H,22,24). The Bertz CT molecular complexity index is 893. The van der Waals surface area contributed by atoms with Crippen molar-refractivity contribution in [3.05, 3.63) is 54.1 Å². The Morgan fingerprint density at radius 1 is 1.15 bits per heavy atom. The molecule has 0 fully saturated rings. The molecule has 2 aromatic rings. The van der Waals surface area contributed by atoms with Gasteiger partial charge in [-0.15, -0.1) is 0 Å². The first kappa shape index (κ1) is 18.1. The quantitative estimate of drug-likeness (QED) is 0.789. The van der Waals surface area contributed by atoms with Crippen LogP contribution in [-0.2, 0) is 9.59 Å². The average Bonchev–Trinajstić information content (AvgIpc) is 2.71. The second-order valence-electron chi connectivity index (χ2n) is 5.71. The second-order valence-corrected chi connectivity index (χ2v) is 5.71. The minimum Gasteiger partial charge on any atom is -0.485 e. The number of fused-ring (bicyclic) bond motifs is 1. The molecule has 0 saturated carbocycles. The minimum absolute atomic E-state index is 0.0281. The Morgan fingerprint density at radius 2 is 1.85 bits per heavy atom. The number of hydrazine groups is 1. The van der Waals surface area contributed by atoms with E-state index in [1.807, 2.05) is 6.07 Å². The van der Waals surface area contributed by atoms with Gasteiger partial charge in [0.05, 0.1) is 5.56 Å². The molecular weight excluding hydrogens is 350 g/mol. The van der Waals surface area contributed by atoms with Crippen molar-refractivity contribution in [3.8, 4) is 23.3 Å². The predicted octanol–water partition coefficient (Wildman–Crippen LogP) is 1.31. The Kier molecular flexibility index (Phi) is 5.42. The summed E-state index contributed by atoms with van der Waals surface area (Å²) in [5.41, 5.74) is 4.88. The molecule has 1 aliphatic heterocycles. The van der Waals surface area contributed by atoms with E-state index in [1.54, 1.807) is 48.5 Å². The fraction of sp³-hybridized carbons (Fsp3) is 0.211. The maximum Gasteiger partial charge on any atom is 0.283 e. The van der Waals surface area contributed by atoms with Crippen molar-refractivity contribution in [1.29, 1.82) is 5.26 Å². The van der Waals surface area contributed by atoms with Gasteiger partial charge in [-0.25, -0.2) is 0 Å². The fourth-order valence-corrected chi connectivity index (χ4v) is 2.36. The van der Waals surface area contributed by atoms with E-state index in [1.165, 1.54) is 6.92 Å². The van der Waals surface area contributed by atoms with Gasteiger partial charge < -0.3 is 14.2 Å². The van der Waals surface area contributed by atoms with Gasteiger partial charge in [0.2, 0.25) is 6.10 Å². The van der Waals surface area contributed by atoms with Gasteiger partial charge in [0.1, 0.15) is 18.4 Å². The molecule has 0 spiro atoms. The van der Waals surface area contributed by atoms with Crippen molar-refractivity contribution in [3.63, 3.8) is 0 Å². The third-order valence-corrected chi connectivity index (χ3v) is 3.79. The third kappa shape index (κ3) is 4.27. The van der Waals surface area contributed by atoms with E-state index in [9.17, 15) is 9.59 Å². The van der Waals surface area contributed by atoms with Gasteiger partial charge in [-0.3, -0.25) is 20.4 Å². The van der Waals surface area contributed by atoms with Crippen LogP contribution >= 0.6 is 0 Å². The number of para-hydroxylation sites is 3. The van der Waals surface area contributed by atoms with Crippen molar-refractivity contribution >= 4 is 11.8 Å². The number of carbonyl (C=O) groups is 2. The van der Waals surface area contributed by atoms with Crippen molar-refractivity contribution in [2.75, 3.05) is 6.61 Å². The van der Waals surface area contributed by atoms with Crippen LogP contribution in [0.4, 0.5) is 0 Å². The molecule has 2 amide bonds. The van der Waals surface area contributed by atoms with E-state index in [-0.39, 0.29) is 12.4 Å². The first-order chi connectivity index (χ1) is 13.1. The maximum atomic E-state index is 12.2. The van der Waals surface area contributed by atoms with E-state index in [2.05, 4.69) is 10.9 Å². The molecule has 0 radical (unpaired) electrons. The SMILES string of the molecule is CC(Oc1ccccc1C#N)C(=O)NNC(=O)C1COc2ccccc2O1. The lowest BCUT2D eigenvalue weighted by Crippen LogP contribution is -2.53. The number of amides is 2. The van der Waals surface area contributed by atoms with Crippen LogP contribution in [-0.4, -0.2) is 30.6 Å². The zero-order valence-electron chi connectivity index (χ0n) is 14.5. The van der Waals surface area contributed by atoms with Crippen LogP contribution in [0.5, 0.6) is 17.2 Å². The lowest BCUT2D eigenvalue weighted by atomic mass is 10.2. The monoisotopic (exact) mass is 367 g/mol. The van der Waals surface area contributed by atoms with E-state index >= 15 is 0 Å². The van der Waals surface area contributed by atoms with Crippen LogP contribution in [0, 0.1) is 11.3 Å². The van der Waals surface area contributed by atoms with Crippen LogP contribution < -0.4 is 25.1 Å². The Balaban J connectivity index is 1.51. The fourth-order valence-electron chi connectivity index (χ4n) is 2.36. The molecule has 1 aliphatic rings. The summed E-state index contributed by atoms with van der Waals surface area (Å²) < 4.78 is 16.5. The van der Waals surface area contributed by atoms with E-state index < -0.39 is 24.0 Å². The van der Waals surface area contributed by atoms with Crippen LogP contribution in [0.25, 0.3) is 0 Å². The predicted molar refractivity (Wildman–Crippen MR) is 93.9 cm³/mol. The smallest absolute Gasteiger partial charge is 0.283 e. The number of rotatable bonds is 4. The van der Waals surface area contributed by atoms with Crippen LogP contribution in [0.15, 0.2) is 48.5 Å². The topological polar surface area (TPSA) is 110 Å². The summed E-state index contributed by atoms with van der Waals surface area (Å²) in [6, 6.07) is 15.5. The molecule has 2 aromatic carbocycles. The molecule has 8 nitrogen and oxygen atoms in total. The molecule has 1 heterocycles. The van der Waals surface area contributed by atoms with Crippen molar-refractivity contribution in [2.45, 2.75) is 19.1 Å². The zero-order chi connectivity index (χ0) is 19.2.